The molecule has 1 aromatic rings. The average molecular weight is 677 g/mol. The lowest BCUT2D eigenvalue weighted by molar-refractivity contribution is -0.193. The summed E-state index contributed by atoms with van der Waals surface area (Å²) in [4.78, 5) is 25.3. The molecule has 5 aliphatic rings. The van der Waals surface area contributed by atoms with Crippen molar-refractivity contribution in [2.75, 3.05) is 14.2 Å². The molecule has 0 amide bonds. The molecule has 6 heteroatoms. The van der Waals surface area contributed by atoms with Gasteiger partial charge in [-0.05, 0) is 128 Å². The molecule has 0 aromatic heterocycles. The average Bonchev–Trinajstić information content (AvgIpc) is 3.19. The molecule has 272 valence electrons. The minimum absolute atomic E-state index is 0.000969. The van der Waals surface area contributed by atoms with Crippen molar-refractivity contribution in [1.82, 2.24) is 0 Å². The largest absolute Gasteiger partial charge is 0.493 e. The number of allylic oxidation sites excluding steroid dienone is 2. The summed E-state index contributed by atoms with van der Waals surface area (Å²) in [6, 6.07) is 5.85. The quantitative estimate of drug-likeness (QED) is 0.212. The molecule has 9 atom stereocenters. The third-order valence-corrected chi connectivity index (χ3v) is 15.4. The Bertz CT molecular complexity index is 1460. The van der Waals surface area contributed by atoms with Gasteiger partial charge in [-0.2, -0.15) is 0 Å². The van der Waals surface area contributed by atoms with E-state index in [-0.39, 0.29) is 45.8 Å². The molecule has 6 nitrogen and oxygen atoms in total. The molecular weight excluding hydrogens is 612 g/mol. The van der Waals surface area contributed by atoms with E-state index in [9.17, 15) is 9.59 Å². The number of benzene rings is 1. The first-order chi connectivity index (χ1) is 23.0. The topological polar surface area (TPSA) is 71.1 Å². The van der Waals surface area contributed by atoms with Crippen LogP contribution in [0.4, 0.5) is 0 Å². The summed E-state index contributed by atoms with van der Waals surface area (Å²) in [6.07, 6.45) is 15.0. The number of rotatable bonds is 7. The normalized spacial score (nSPS) is 39.0. The zero-order valence-electron chi connectivity index (χ0n) is 32.2. The zero-order chi connectivity index (χ0) is 35.6. The molecule has 0 N–H and O–H groups in total. The van der Waals surface area contributed by atoms with Gasteiger partial charge < -0.3 is 18.9 Å². The molecule has 6 rings (SSSR count). The molecule has 4 saturated carbocycles. The maximum absolute atomic E-state index is 13.3. The van der Waals surface area contributed by atoms with Crippen LogP contribution in [0.2, 0.25) is 0 Å². The molecule has 49 heavy (non-hydrogen) atoms. The van der Waals surface area contributed by atoms with Crippen LogP contribution in [0.3, 0.4) is 0 Å². The highest BCUT2D eigenvalue weighted by Gasteiger charge is 2.64. The molecule has 4 fully saturated rings. The van der Waals surface area contributed by atoms with Crippen molar-refractivity contribution in [3.05, 3.63) is 35.4 Å². The van der Waals surface area contributed by atoms with Crippen molar-refractivity contribution in [2.45, 2.75) is 145 Å². The number of aryl methyl sites for hydroxylation is 1. The number of ether oxygens (including phenoxy) is 4. The van der Waals surface area contributed by atoms with Crippen molar-refractivity contribution in [1.29, 1.82) is 0 Å². The van der Waals surface area contributed by atoms with Gasteiger partial charge in [0.1, 0.15) is 12.2 Å². The van der Waals surface area contributed by atoms with E-state index in [1.165, 1.54) is 32.1 Å². The second-order valence-electron chi connectivity index (χ2n) is 18.7. The maximum atomic E-state index is 13.3. The highest BCUT2D eigenvalue weighted by atomic mass is 16.5. The van der Waals surface area contributed by atoms with E-state index in [1.54, 1.807) is 26.7 Å². The van der Waals surface area contributed by atoms with Crippen LogP contribution in [0.1, 0.15) is 132 Å². The second-order valence-corrected chi connectivity index (χ2v) is 18.7. The van der Waals surface area contributed by atoms with Crippen LogP contribution < -0.4 is 9.47 Å². The van der Waals surface area contributed by atoms with Crippen LogP contribution in [-0.4, -0.2) is 38.4 Å². The number of carbonyl (C=O) groups excluding carboxylic acids is 2. The first kappa shape index (κ1) is 36.3. The summed E-state index contributed by atoms with van der Waals surface area (Å²) < 4.78 is 23.1. The third kappa shape index (κ3) is 6.13. The number of hydrogen-bond acceptors (Lipinski definition) is 6. The lowest BCUT2D eigenvalue weighted by atomic mass is 9.42. The lowest BCUT2D eigenvalue weighted by Gasteiger charge is -2.64. The fourth-order valence-corrected chi connectivity index (χ4v) is 13.0. The molecule has 0 radical (unpaired) electrons. The van der Waals surface area contributed by atoms with Crippen molar-refractivity contribution >= 4 is 11.9 Å². The van der Waals surface area contributed by atoms with Crippen LogP contribution in [0.15, 0.2) is 29.8 Å². The van der Waals surface area contributed by atoms with Crippen LogP contribution in [0.5, 0.6) is 11.5 Å². The van der Waals surface area contributed by atoms with Gasteiger partial charge in [0, 0.05) is 24.2 Å². The van der Waals surface area contributed by atoms with Crippen molar-refractivity contribution in [3.63, 3.8) is 0 Å². The lowest BCUT2D eigenvalue weighted by Crippen LogP contribution is -2.59. The van der Waals surface area contributed by atoms with Crippen molar-refractivity contribution in [3.8, 4) is 11.5 Å². The highest BCUT2D eigenvalue weighted by Crippen LogP contribution is 2.70. The summed E-state index contributed by atoms with van der Waals surface area (Å²) in [5.41, 5.74) is 3.39. The summed E-state index contributed by atoms with van der Waals surface area (Å²) >= 11 is 0. The van der Waals surface area contributed by atoms with Crippen molar-refractivity contribution < 1.29 is 28.5 Å². The molecule has 0 spiro atoms. The van der Waals surface area contributed by atoms with Gasteiger partial charge in [-0.3, -0.25) is 9.59 Å². The fourth-order valence-electron chi connectivity index (χ4n) is 13.0. The van der Waals surface area contributed by atoms with E-state index in [2.05, 4.69) is 54.5 Å². The van der Waals surface area contributed by atoms with E-state index >= 15 is 0 Å². The fraction of sp³-hybridized carbons (Fsp3) is 0.767. The van der Waals surface area contributed by atoms with E-state index < -0.39 is 0 Å². The molecular formula is C43H64O6. The Morgan fingerprint density at radius 3 is 2.06 bits per heavy atom. The Kier molecular flexibility index (Phi) is 9.57. The number of methoxy groups -OCH3 is 2. The highest BCUT2D eigenvalue weighted by molar-refractivity contribution is 5.70. The van der Waals surface area contributed by atoms with Gasteiger partial charge in [0.25, 0.3) is 0 Å². The Morgan fingerprint density at radius 2 is 1.39 bits per heavy atom. The summed E-state index contributed by atoms with van der Waals surface area (Å²) in [5, 5.41) is 0. The number of esters is 2. The van der Waals surface area contributed by atoms with Crippen LogP contribution in [-0.2, 0) is 25.5 Å². The molecule has 1 unspecified atom stereocenters. The first-order valence-electron chi connectivity index (χ1n) is 19.3. The minimum Gasteiger partial charge on any atom is -0.493 e. The van der Waals surface area contributed by atoms with Gasteiger partial charge in [-0.25, -0.2) is 0 Å². The SMILES string of the molecule is COc1ccc(CCC(=O)O[C@H]2CC[C@]3(C)C4CC[C@H]5C(=CC[C@@H]6C(C)(C)[C@@H](OC(C)=O)CC[C@@]65C)C[C@]4(C)CC[C@H]3C2(C)C)cc1OC. The van der Waals surface area contributed by atoms with Gasteiger partial charge in [0.15, 0.2) is 11.5 Å². The standard InChI is InChI=1S/C43H64O6/c1-27(44)48-36-20-23-42(7)30-14-17-35-41(6,26-29(30)13-16-33(42)39(36,2)3)22-19-34-40(4,5)37(21-24-43(34,35)8)49-38(45)18-12-28-11-15-31(46-9)32(25-28)47-10/h11,13,15,25,30,33-37H,12,14,16-24,26H2,1-10H3/t30-,33+,34-,35?,36-,37-,41-,42+,43-/m0/s1. The summed E-state index contributed by atoms with van der Waals surface area (Å²) in [7, 11) is 3.27. The van der Waals surface area contributed by atoms with Gasteiger partial charge in [0.2, 0.25) is 0 Å². The van der Waals surface area contributed by atoms with Crippen LogP contribution in [0, 0.1) is 50.7 Å². The second kappa shape index (κ2) is 12.9. The Morgan fingerprint density at radius 1 is 0.735 bits per heavy atom. The molecule has 1 aromatic carbocycles. The van der Waals surface area contributed by atoms with Crippen molar-refractivity contribution in [2.24, 2.45) is 50.7 Å². The van der Waals surface area contributed by atoms with E-state index in [4.69, 9.17) is 18.9 Å². The zero-order valence-corrected chi connectivity index (χ0v) is 32.2. The van der Waals surface area contributed by atoms with Crippen LogP contribution in [0.25, 0.3) is 0 Å². The Hall–Kier alpha value is -2.50. The summed E-state index contributed by atoms with van der Waals surface area (Å²) in [5.74, 6) is 3.41. The predicted molar refractivity (Wildman–Crippen MR) is 193 cm³/mol. The minimum atomic E-state index is -0.148. The molecule has 0 bridgehead atoms. The first-order valence-corrected chi connectivity index (χ1v) is 19.3. The van der Waals surface area contributed by atoms with E-state index in [0.29, 0.717) is 53.4 Å². The monoisotopic (exact) mass is 676 g/mol. The van der Waals surface area contributed by atoms with E-state index in [0.717, 1.165) is 37.7 Å². The van der Waals surface area contributed by atoms with Gasteiger partial charge in [-0.15, -0.1) is 0 Å². The summed E-state index contributed by atoms with van der Waals surface area (Å²) in [6.45, 7) is 18.9. The van der Waals surface area contributed by atoms with Gasteiger partial charge in [0.05, 0.1) is 14.2 Å². The van der Waals surface area contributed by atoms with E-state index in [1.807, 2.05) is 18.2 Å². The van der Waals surface area contributed by atoms with Gasteiger partial charge >= 0.3 is 11.9 Å². The van der Waals surface area contributed by atoms with Crippen LogP contribution >= 0.6 is 0 Å². The maximum Gasteiger partial charge on any atom is 0.306 e. The Labute approximate surface area is 296 Å². The smallest absolute Gasteiger partial charge is 0.306 e. The molecule has 0 heterocycles. The number of carbonyl (C=O) groups is 2. The van der Waals surface area contributed by atoms with Gasteiger partial charge in [-0.1, -0.05) is 66.2 Å². The number of hydrogen-bond donors (Lipinski definition) is 0. The predicted octanol–water partition coefficient (Wildman–Crippen LogP) is 9.91. The Balaban J connectivity index is 1.16. The molecule has 0 saturated heterocycles. The number of fused-ring (bicyclic) bond motifs is 6. The third-order valence-electron chi connectivity index (χ3n) is 15.4. The molecule has 0 aliphatic heterocycles. The molecule has 5 aliphatic carbocycles.